The van der Waals surface area contributed by atoms with Crippen LogP contribution in [0.3, 0.4) is 0 Å². The van der Waals surface area contributed by atoms with E-state index in [-0.39, 0.29) is 18.6 Å². The molecule has 2 aromatic heterocycles. The Hall–Kier alpha value is -0.680. The summed E-state index contributed by atoms with van der Waals surface area (Å²) in [6.45, 7) is 0. The second kappa shape index (κ2) is 2.75. The highest BCUT2D eigenvalue weighted by atomic mass is 79.9. The summed E-state index contributed by atoms with van der Waals surface area (Å²) in [4.78, 5) is 7.61. The van der Waals surface area contributed by atoms with Crippen LogP contribution in [0.1, 0.15) is 4.11 Å². The lowest BCUT2D eigenvalue weighted by atomic mass is 10.9. The van der Waals surface area contributed by atoms with Gasteiger partial charge in [-0.3, -0.25) is 4.57 Å². The van der Waals surface area contributed by atoms with E-state index < -0.39 is 0 Å². The molecular weight excluding hydrogens is 226 g/mol. The van der Waals surface area contributed by atoms with E-state index in [0.717, 1.165) is 0 Å². The summed E-state index contributed by atoms with van der Waals surface area (Å²) in [5.41, 5.74) is 0. The molecule has 2 rings (SSSR count). The van der Waals surface area contributed by atoms with Crippen LogP contribution in [-0.2, 0) is 0 Å². The quantitative estimate of drug-likeness (QED) is 0.755. The molecule has 0 fully saturated rings. The van der Waals surface area contributed by atoms with Crippen molar-refractivity contribution < 1.29 is 4.11 Å². The van der Waals surface area contributed by atoms with Crippen molar-refractivity contribution in [1.82, 2.24) is 14.5 Å². The minimum atomic E-state index is -0.207. The zero-order valence-corrected chi connectivity index (χ0v) is 7.61. The molecule has 0 saturated heterocycles. The molecule has 56 valence electrons. The fraction of sp³-hybridized carbons (Fsp3) is 0. The number of rotatable bonds is 1. The molecule has 0 radical (unpaired) electrons. The molecule has 11 heavy (non-hydrogen) atoms. The van der Waals surface area contributed by atoms with Crippen LogP contribution in [0.25, 0.3) is 5.13 Å². The molecule has 3 nitrogen and oxygen atoms in total. The number of nitrogens with zero attached hydrogens (tertiary/aromatic N) is 3. The average Bonchev–Trinajstić information content (AvgIpc) is 2.60. The summed E-state index contributed by atoms with van der Waals surface area (Å²) in [5, 5.41) is 2.22. The zero-order chi connectivity index (χ0) is 10.3. The third kappa shape index (κ3) is 1.34. The third-order valence-corrected chi connectivity index (χ3v) is 2.56. The molecule has 2 aromatic rings. The summed E-state index contributed by atoms with van der Waals surface area (Å²) in [7, 11) is 0. The van der Waals surface area contributed by atoms with Gasteiger partial charge in [0.1, 0.15) is 12.3 Å². The van der Waals surface area contributed by atoms with Gasteiger partial charge in [-0.2, -0.15) is 0 Å². The van der Waals surface area contributed by atoms with Gasteiger partial charge in [0.15, 0.2) is 5.13 Å². The molecule has 0 spiro atoms. The van der Waals surface area contributed by atoms with Crippen molar-refractivity contribution in [2.24, 2.45) is 0 Å². The molecule has 0 saturated carbocycles. The maximum absolute atomic E-state index is 7.51. The van der Waals surface area contributed by atoms with Crippen LogP contribution in [-0.4, -0.2) is 14.5 Å². The predicted molar refractivity (Wildman–Crippen MR) is 46.9 cm³/mol. The molecule has 0 bridgehead atoms. The van der Waals surface area contributed by atoms with E-state index in [4.69, 9.17) is 4.11 Å². The second-order valence-corrected chi connectivity index (χ2v) is 3.37. The van der Waals surface area contributed by atoms with Gasteiger partial charge in [0.05, 0.1) is 2.74 Å². The fourth-order valence-electron chi connectivity index (χ4n) is 0.614. The van der Waals surface area contributed by atoms with Crippen LogP contribution >= 0.6 is 27.3 Å². The fourth-order valence-corrected chi connectivity index (χ4v) is 1.78. The van der Waals surface area contributed by atoms with Crippen molar-refractivity contribution in [3.63, 3.8) is 0 Å². The van der Waals surface area contributed by atoms with Gasteiger partial charge in [0.2, 0.25) is 0 Å². The highest BCUT2D eigenvalue weighted by molar-refractivity contribution is 9.10. The number of thiazole rings is 1. The van der Waals surface area contributed by atoms with Crippen LogP contribution in [0, 0.1) is 0 Å². The summed E-state index contributed by atoms with van der Waals surface area (Å²) in [6.07, 6.45) is -0.458. The number of hydrogen-bond acceptors (Lipinski definition) is 3. The summed E-state index contributed by atoms with van der Waals surface area (Å²) < 4.78 is 24.1. The van der Waals surface area contributed by atoms with Crippen LogP contribution < -0.4 is 0 Å². The van der Waals surface area contributed by atoms with E-state index in [9.17, 15) is 0 Å². The standard InChI is InChI=1S/C6H4BrN3S/c7-5-3-11-6(9-5)10-2-1-8-4-10/h1-4H/i1D,2D,4D. The van der Waals surface area contributed by atoms with Crippen LogP contribution in [0.4, 0.5) is 0 Å². The van der Waals surface area contributed by atoms with Crippen LogP contribution in [0.15, 0.2) is 28.6 Å². The van der Waals surface area contributed by atoms with Gasteiger partial charge < -0.3 is 0 Å². The zero-order valence-electron chi connectivity index (χ0n) is 8.21. The topological polar surface area (TPSA) is 30.7 Å². The van der Waals surface area contributed by atoms with E-state index in [2.05, 4.69) is 25.9 Å². The van der Waals surface area contributed by atoms with Gasteiger partial charge in [0.25, 0.3) is 0 Å². The van der Waals surface area contributed by atoms with Gasteiger partial charge in [0, 0.05) is 17.7 Å². The van der Waals surface area contributed by atoms with E-state index >= 15 is 0 Å². The first kappa shape index (κ1) is 4.37. The Bertz CT molecular complexity index is 481. The Morgan fingerprint density at radius 3 is 3.18 bits per heavy atom. The molecule has 0 amide bonds. The summed E-state index contributed by atoms with van der Waals surface area (Å²) >= 11 is 4.47. The lowest BCUT2D eigenvalue weighted by Gasteiger charge is -1.90. The number of aromatic nitrogens is 3. The van der Waals surface area contributed by atoms with Crippen molar-refractivity contribution in [2.75, 3.05) is 0 Å². The van der Waals surface area contributed by atoms with Gasteiger partial charge in [-0.25, -0.2) is 9.97 Å². The maximum Gasteiger partial charge on any atom is 0.195 e. The number of halogens is 1. The van der Waals surface area contributed by atoms with Crippen molar-refractivity contribution >= 4 is 27.3 Å². The average molecular weight is 233 g/mol. The van der Waals surface area contributed by atoms with Crippen molar-refractivity contribution in [3.8, 4) is 5.13 Å². The molecule has 0 aliphatic heterocycles. The van der Waals surface area contributed by atoms with Crippen molar-refractivity contribution in [1.29, 1.82) is 0 Å². The normalized spacial score (nSPS) is 14.1. The number of imidazole rings is 1. The Morgan fingerprint density at radius 2 is 2.64 bits per heavy atom. The van der Waals surface area contributed by atoms with E-state index in [0.29, 0.717) is 9.73 Å². The minimum Gasteiger partial charge on any atom is -0.282 e. The van der Waals surface area contributed by atoms with Crippen LogP contribution in [0.5, 0.6) is 0 Å². The number of hydrogen-bond donors (Lipinski definition) is 0. The Labute approximate surface area is 80.1 Å². The molecular formula is C6H4BrN3S. The van der Waals surface area contributed by atoms with Gasteiger partial charge in [-0.1, -0.05) is 0 Å². The van der Waals surface area contributed by atoms with E-state index in [1.54, 1.807) is 5.38 Å². The lowest BCUT2D eigenvalue weighted by Crippen LogP contribution is -1.86. The van der Waals surface area contributed by atoms with Gasteiger partial charge >= 0.3 is 0 Å². The molecule has 0 N–H and O–H groups in total. The second-order valence-electron chi connectivity index (χ2n) is 1.72. The Balaban J connectivity index is 2.61. The van der Waals surface area contributed by atoms with Crippen molar-refractivity contribution in [3.05, 3.63) is 28.6 Å². The first-order valence-electron chi connectivity index (χ1n) is 4.23. The largest absolute Gasteiger partial charge is 0.282 e. The summed E-state index contributed by atoms with van der Waals surface area (Å²) in [5.74, 6) is 0. The lowest BCUT2D eigenvalue weighted by molar-refractivity contribution is 1.03. The molecule has 0 aromatic carbocycles. The molecule has 0 atom stereocenters. The van der Waals surface area contributed by atoms with Crippen molar-refractivity contribution in [2.45, 2.75) is 0 Å². The monoisotopic (exact) mass is 232 g/mol. The maximum atomic E-state index is 7.51. The molecule has 0 aliphatic rings. The first-order valence-corrected chi connectivity index (χ1v) is 4.41. The SMILES string of the molecule is [2H]c1nc([2H])n(-c2nc(Br)cs2)c1[2H]. The van der Waals surface area contributed by atoms with Gasteiger partial charge in [-0.05, 0) is 15.9 Å². The van der Waals surface area contributed by atoms with E-state index in [1.807, 2.05) is 0 Å². The minimum absolute atomic E-state index is 0.114. The Morgan fingerprint density at radius 1 is 1.73 bits per heavy atom. The predicted octanol–water partition coefficient (Wildman–Crippen LogP) is 2.09. The highest BCUT2D eigenvalue weighted by Crippen LogP contribution is 2.17. The molecule has 0 unspecified atom stereocenters. The molecule has 5 heteroatoms. The van der Waals surface area contributed by atoms with E-state index in [1.165, 1.54) is 15.9 Å². The smallest absolute Gasteiger partial charge is 0.195 e. The van der Waals surface area contributed by atoms with Crippen LogP contribution in [0.2, 0.25) is 0 Å². The molecule has 0 aliphatic carbocycles. The summed E-state index contributed by atoms with van der Waals surface area (Å²) in [6, 6.07) is 0. The Kier molecular flexibility index (Phi) is 1.09. The third-order valence-electron chi connectivity index (χ3n) is 1.02. The van der Waals surface area contributed by atoms with Gasteiger partial charge in [-0.15, -0.1) is 11.3 Å². The highest BCUT2D eigenvalue weighted by Gasteiger charge is 1.99. The molecule has 2 heterocycles. The first-order chi connectivity index (χ1) is 6.59.